The lowest BCUT2D eigenvalue weighted by Crippen LogP contribution is -2.48. The van der Waals surface area contributed by atoms with E-state index in [2.05, 4.69) is 10.0 Å². The molecule has 2 aromatic rings. The van der Waals surface area contributed by atoms with Gasteiger partial charge in [0.1, 0.15) is 0 Å². The van der Waals surface area contributed by atoms with Crippen LogP contribution in [0.4, 0.5) is 5.69 Å². The van der Waals surface area contributed by atoms with E-state index in [1.807, 2.05) is 33.8 Å². The summed E-state index contributed by atoms with van der Waals surface area (Å²) in [4.78, 5) is 12.3. The summed E-state index contributed by atoms with van der Waals surface area (Å²) in [5.74, 6) is -0.299. The maximum absolute atomic E-state index is 12.6. The molecule has 0 radical (unpaired) electrons. The Kier molecular flexibility index (Phi) is 5.73. The fraction of sp³-hybridized carbons (Fsp3) is 0.316. The Labute approximate surface area is 154 Å². The molecule has 0 saturated carbocycles. The van der Waals surface area contributed by atoms with Gasteiger partial charge in [-0.2, -0.15) is 0 Å². The van der Waals surface area contributed by atoms with Gasteiger partial charge in [-0.05, 0) is 69.2 Å². The Bertz CT molecular complexity index is 904. The third-order valence-electron chi connectivity index (χ3n) is 4.24. The van der Waals surface area contributed by atoms with Crippen LogP contribution in [0.25, 0.3) is 0 Å². The molecule has 0 fully saturated rings. The van der Waals surface area contributed by atoms with Crippen LogP contribution in [0.15, 0.2) is 47.4 Å². The van der Waals surface area contributed by atoms with Crippen molar-refractivity contribution in [2.24, 2.45) is 5.73 Å². The van der Waals surface area contributed by atoms with E-state index >= 15 is 0 Å². The van der Waals surface area contributed by atoms with Crippen molar-refractivity contribution in [3.8, 4) is 0 Å². The number of rotatable bonds is 6. The van der Waals surface area contributed by atoms with E-state index in [-0.39, 0.29) is 10.8 Å². The molecule has 0 atom stereocenters. The smallest absolute Gasteiger partial charge is 0.261 e. The lowest BCUT2D eigenvalue weighted by Gasteiger charge is -2.24. The predicted octanol–water partition coefficient (Wildman–Crippen LogP) is 2.57. The SMILES string of the molecule is Cc1cccc(NS(=O)(=O)c2ccc(C(=O)NC(C)(C)CN)cc2)c1C. The zero-order chi connectivity index (χ0) is 19.5. The van der Waals surface area contributed by atoms with E-state index in [0.717, 1.165) is 11.1 Å². The van der Waals surface area contributed by atoms with Gasteiger partial charge in [0.2, 0.25) is 0 Å². The number of carbonyl (C=O) groups is 1. The Morgan fingerprint density at radius 1 is 1.08 bits per heavy atom. The molecule has 0 aliphatic heterocycles. The van der Waals surface area contributed by atoms with Crippen LogP contribution in [-0.4, -0.2) is 26.4 Å². The summed E-state index contributed by atoms with van der Waals surface area (Å²) in [6.07, 6.45) is 0. The fourth-order valence-electron chi connectivity index (χ4n) is 2.28. The number of benzene rings is 2. The van der Waals surface area contributed by atoms with Gasteiger partial charge in [-0.3, -0.25) is 9.52 Å². The number of sulfonamides is 1. The van der Waals surface area contributed by atoms with Gasteiger partial charge in [0.25, 0.3) is 15.9 Å². The highest BCUT2D eigenvalue weighted by atomic mass is 32.2. The lowest BCUT2D eigenvalue weighted by molar-refractivity contribution is 0.0915. The van der Waals surface area contributed by atoms with E-state index in [0.29, 0.717) is 17.8 Å². The van der Waals surface area contributed by atoms with Crippen LogP contribution in [-0.2, 0) is 10.0 Å². The molecular formula is C19H25N3O3S. The highest BCUT2D eigenvalue weighted by molar-refractivity contribution is 7.92. The monoisotopic (exact) mass is 375 g/mol. The fourth-order valence-corrected chi connectivity index (χ4v) is 3.40. The molecule has 7 heteroatoms. The molecular weight excluding hydrogens is 350 g/mol. The third-order valence-corrected chi connectivity index (χ3v) is 5.62. The van der Waals surface area contributed by atoms with Crippen molar-refractivity contribution < 1.29 is 13.2 Å². The van der Waals surface area contributed by atoms with E-state index < -0.39 is 15.6 Å². The zero-order valence-electron chi connectivity index (χ0n) is 15.5. The second-order valence-electron chi connectivity index (χ2n) is 6.92. The Morgan fingerprint density at radius 3 is 2.27 bits per heavy atom. The number of nitrogens with two attached hydrogens (primary N) is 1. The van der Waals surface area contributed by atoms with E-state index in [9.17, 15) is 13.2 Å². The number of aryl methyl sites for hydroxylation is 1. The van der Waals surface area contributed by atoms with Crippen LogP contribution >= 0.6 is 0 Å². The Balaban J connectivity index is 2.21. The van der Waals surface area contributed by atoms with Crippen molar-refractivity contribution >= 4 is 21.6 Å². The van der Waals surface area contributed by atoms with Gasteiger partial charge < -0.3 is 11.1 Å². The van der Waals surface area contributed by atoms with Gasteiger partial charge in [0.05, 0.1) is 10.6 Å². The normalized spacial score (nSPS) is 11.9. The minimum Gasteiger partial charge on any atom is -0.346 e. The highest BCUT2D eigenvalue weighted by Gasteiger charge is 2.20. The molecule has 2 aromatic carbocycles. The van der Waals surface area contributed by atoms with E-state index in [1.54, 1.807) is 12.1 Å². The molecule has 0 aliphatic rings. The van der Waals surface area contributed by atoms with Crippen LogP contribution in [0.3, 0.4) is 0 Å². The molecule has 26 heavy (non-hydrogen) atoms. The molecule has 0 aliphatic carbocycles. The minimum absolute atomic E-state index is 0.0908. The minimum atomic E-state index is -3.74. The number of nitrogens with one attached hydrogen (secondary N) is 2. The van der Waals surface area contributed by atoms with Gasteiger partial charge in [-0.25, -0.2) is 8.42 Å². The average Bonchev–Trinajstić information content (AvgIpc) is 2.58. The van der Waals surface area contributed by atoms with Crippen LogP contribution in [0.5, 0.6) is 0 Å². The average molecular weight is 375 g/mol. The second kappa shape index (κ2) is 7.47. The van der Waals surface area contributed by atoms with Gasteiger partial charge in [0, 0.05) is 17.6 Å². The molecule has 0 saturated heterocycles. The summed E-state index contributed by atoms with van der Waals surface area (Å²) in [6.45, 7) is 7.71. The van der Waals surface area contributed by atoms with Crippen LogP contribution in [0.1, 0.15) is 35.3 Å². The third kappa shape index (κ3) is 4.62. The quantitative estimate of drug-likeness (QED) is 0.722. The van der Waals surface area contributed by atoms with Gasteiger partial charge >= 0.3 is 0 Å². The molecule has 0 heterocycles. The van der Waals surface area contributed by atoms with E-state index in [1.165, 1.54) is 24.3 Å². The lowest BCUT2D eigenvalue weighted by atomic mass is 10.1. The molecule has 0 aromatic heterocycles. The van der Waals surface area contributed by atoms with Crippen molar-refractivity contribution in [3.63, 3.8) is 0 Å². The summed E-state index contributed by atoms with van der Waals surface area (Å²) < 4.78 is 27.8. The molecule has 0 spiro atoms. The van der Waals surface area contributed by atoms with Crippen molar-refractivity contribution in [1.29, 1.82) is 0 Å². The number of hydrogen-bond acceptors (Lipinski definition) is 4. The summed E-state index contributed by atoms with van der Waals surface area (Å²) in [5, 5.41) is 2.80. The zero-order valence-corrected chi connectivity index (χ0v) is 16.3. The molecule has 2 rings (SSSR count). The summed E-state index contributed by atoms with van der Waals surface area (Å²) in [6, 6.07) is 11.2. The summed E-state index contributed by atoms with van der Waals surface area (Å²) in [7, 11) is -3.74. The first-order chi connectivity index (χ1) is 12.1. The topological polar surface area (TPSA) is 101 Å². The van der Waals surface area contributed by atoms with Gasteiger partial charge in [0.15, 0.2) is 0 Å². The number of hydrogen-bond donors (Lipinski definition) is 3. The van der Waals surface area contributed by atoms with Crippen molar-refractivity contribution in [3.05, 3.63) is 59.2 Å². The molecule has 0 unspecified atom stereocenters. The largest absolute Gasteiger partial charge is 0.346 e. The molecule has 1 amide bonds. The molecule has 4 N–H and O–H groups in total. The van der Waals surface area contributed by atoms with Crippen LogP contribution < -0.4 is 15.8 Å². The molecule has 0 bridgehead atoms. The Hall–Kier alpha value is -2.38. The van der Waals surface area contributed by atoms with Crippen molar-refractivity contribution in [2.75, 3.05) is 11.3 Å². The summed E-state index contributed by atoms with van der Waals surface area (Å²) >= 11 is 0. The standard InChI is InChI=1S/C19H25N3O3S/c1-13-6-5-7-17(14(13)2)22-26(24,25)16-10-8-15(9-11-16)18(23)21-19(3,4)12-20/h5-11,22H,12,20H2,1-4H3,(H,21,23). The van der Waals surface area contributed by atoms with Crippen molar-refractivity contribution in [2.45, 2.75) is 38.1 Å². The maximum Gasteiger partial charge on any atom is 0.261 e. The highest BCUT2D eigenvalue weighted by Crippen LogP contribution is 2.22. The summed E-state index contributed by atoms with van der Waals surface area (Å²) in [5.41, 5.74) is 7.85. The first kappa shape index (κ1) is 19.9. The number of amides is 1. The molecule has 6 nitrogen and oxygen atoms in total. The number of anilines is 1. The predicted molar refractivity (Wildman–Crippen MR) is 104 cm³/mol. The Morgan fingerprint density at radius 2 is 1.69 bits per heavy atom. The van der Waals surface area contributed by atoms with E-state index in [4.69, 9.17) is 5.73 Å². The second-order valence-corrected chi connectivity index (χ2v) is 8.60. The van der Waals surface area contributed by atoms with Crippen LogP contribution in [0.2, 0.25) is 0 Å². The number of carbonyl (C=O) groups excluding carboxylic acids is 1. The maximum atomic E-state index is 12.6. The van der Waals surface area contributed by atoms with Crippen LogP contribution in [0, 0.1) is 13.8 Å². The molecule has 140 valence electrons. The van der Waals surface area contributed by atoms with Gasteiger partial charge in [-0.1, -0.05) is 12.1 Å². The van der Waals surface area contributed by atoms with Crippen molar-refractivity contribution in [1.82, 2.24) is 5.32 Å². The first-order valence-corrected chi connectivity index (χ1v) is 9.76. The first-order valence-electron chi connectivity index (χ1n) is 8.27. The van der Waals surface area contributed by atoms with Gasteiger partial charge in [-0.15, -0.1) is 0 Å².